The number of nitrogens with one attached hydrogen (secondary N) is 2. The molecule has 0 aliphatic rings. The van der Waals surface area contributed by atoms with Gasteiger partial charge in [-0.1, -0.05) is 169 Å². The third-order valence-electron chi connectivity index (χ3n) is 10.2. The molecule has 0 bridgehead atoms. The Morgan fingerprint density at radius 3 is 1.55 bits per heavy atom. The third kappa shape index (κ3) is 31.9. The van der Waals surface area contributed by atoms with Crippen LogP contribution >= 0.6 is 11.8 Å². The van der Waals surface area contributed by atoms with Crippen molar-refractivity contribution < 1.29 is 19.1 Å². The standard InChI is InChI=1S/C43H85N3O4S/c1-6-11-14-17-19-20-21-22-23-24-26-29-36-50-41(47)33-38-51-37-32-40(43(49)44-34-35-46(9-4)10-5)45-42(48)39(30-27-16-13-8-3)31-28-25-18-15-12-7-2/h39-40H,6-38H2,1-5H3,(H,44,49)(H,45,48). The molecule has 0 saturated heterocycles. The number of amides is 2. The molecule has 8 heteroatoms. The highest BCUT2D eigenvalue weighted by Gasteiger charge is 2.25. The van der Waals surface area contributed by atoms with Gasteiger partial charge in [0.05, 0.1) is 13.0 Å². The summed E-state index contributed by atoms with van der Waals surface area (Å²) in [6.45, 7) is 14.8. The minimum absolute atomic E-state index is 0.0356. The van der Waals surface area contributed by atoms with Crippen LogP contribution in [0.5, 0.6) is 0 Å². The Bertz CT molecular complexity index is 795. The van der Waals surface area contributed by atoms with E-state index in [1.807, 2.05) is 0 Å². The highest BCUT2D eigenvalue weighted by atomic mass is 32.2. The zero-order valence-corrected chi connectivity index (χ0v) is 35.3. The van der Waals surface area contributed by atoms with Gasteiger partial charge in [-0.3, -0.25) is 14.4 Å². The number of likely N-dealkylation sites (N-methyl/N-ethyl adjacent to an activating group) is 1. The van der Waals surface area contributed by atoms with Crippen LogP contribution in [0.25, 0.3) is 0 Å². The number of hydrogen-bond donors (Lipinski definition) is 2. The molecule has 2 amide bonds. The molecule has 0 saturated carbocycles. The monoisotopic (exact) mass is 740 g/mol. The summed E-state index contributed by atoms with van der Waals surface area (Å²) in [6.07, 6.45) is 30.1. The average Bonchev–Trinajstić information content (AvgIpc) is 3.13. The van der Waals surface area contributed by atoms with Gasteiger partial charge in [0.15, 0.2) is 0 Å². The van der Waals surface area contributed by atoms with Crippen molar-refractivity contribution in [2.45, 2.75) is 208 Å². The van der Waals surface area contributed by atoms with E-state index < -0.39 is 6.04 Å². The summed E-state index contributed by atoms with van der Waals surface area (Å²) in [5.74, 6) is 1.15. The highest BCUT2D eigenvalue weighted by Crippen LogP contribution is 2.20. The number of nitrogens with zero attached hydrogens (tertiary/aromatic N) is 1. The summed E-state index contributed by atoms with van der Waals surface area (Å²) in [4.78, 5) is 41.6. The Morgan fingerprint density at radius 2 is 1.04 bits per heavy atom. The van der Waals surface area contributed by atoms with Crippen LogP contribution in [0.15, 0.2) is 0 Å². The molecule has 0 aromatic carbocycles. The minimum Gasteiger partial charge on any atom is -0.466 e. The molecule has 7 nitrogen and oxygen atoms in total. The second-order valence-electron chi connectivity index (χ2n) is 14.7. The maximum Gasteiger partial charge on any atom is 0.306 e. The zero-order valence-electron chi connectivity index (χ0n) is 34.5. The van der Waals surface area contributed by atoms with Gasteiger partial charge in [-0.2, -0.15) is 11.8 Å². The van der Waals surface area contributed by atoms with E-state index in [0.717, 1.165) is 64.6 Å². The van der Waals surface area contributed by atoms with Crippen LogP contribution in [0.1, 0.15) is 202 Å². The van der Waals surface area contributed by atoms with E-state index >= 15 is 0 Å². The Labute approximate surface area is 321 Å². The lowest BCUT2D eigenvalue weighted by Crippen LogP contribution is -2.50. The van der Waals surface area contributed by atoms with Gasteiger partial charge in [-0.15, -0.1) is 0 Å². The minimum atomic E-state index is -0.554. The molecule has 0 heterocycles. The van der Waals surface area contributed by atoms with Crippen LogP contribution in [0, 0.1) is 5.92 Å². The molecule has 0 aromatic rings. The lowest BCUT2D eigenvalue weighted by Gasteiger charge is -2.24. The first-order valence-electron chi connectivity index (χ1n) is 22.0. The van der Waals surface area contributed by atoms with E-state index in [9.17, 15) is 14.4 Å². The summed E-state index contributed by atoms with van der Waals surface area (Å²) in [6, 6.07) is -0.554. The fraction of sp³-hybridized carbons (Fsp3) is 0.930. The second-order valence-corrected chi connectivity index (χ2v) is 16.0. The average molecular weight is 740 g/mol. The van der Waals surface area contributed by atoms with Crippen molar-refractivity contribution in [2.24, 2.45) is 5.92 Å². The predicted molar refractivity (Wildman–Crippen MR) is 222 cm³/mol. The molecule has 0 aliphatic carbocycles. The molecule has 0 spiro atoms. The van der Waals surface area contributed by atoms with Crippen molar-refractivity contribution in [1.29, 1.82) is 0 Å². The fourth-order valence-electron chi connectivity index (χ4n) is 6.61. The highest BCUT2D eigenvalue weighted by molar-refractivity contribution is 7.99. The number of rotatable bonds is 39. The molecule has 2 unspecified atom stereocenters. The van der Waals surface area contributed by atoms with Gasteiger partial charge in [0, 0.05) is 24.8 Å². The topological polar surface area (TPSA) is 87.7 Å². The van der Waals surface area contributed by atoms with E-state index in [4.69, 9.17) is 4.74 Å². The molecule has 0 fully saturated rings. The van der Waals surface area contributed by atoms with Gasteiger partial charge >= 0.3 is 5.97 Å². The molecule has 0 aromatic heterocycles. The van der Waals surface area contributed by atoms with Crippen molar-refractivity contribution in [1.82, 2.24) is 15.5 Å². The Kier molecular flexibility index (Phi) is 37.5. The fourth-order valence-corrected chi connectivity index (χ4v) is 7.53. The van der Waals surface area contributed by atoms with Crippen molar-refractivity contribution >= 4 is 29.5 Å². The summed E-state index contributed by atoms with van der Waals surface area (Å²) in [7, 11) is 0. The van der Waals surface area contributed by atoms with Gasteiger partial charge in [0.2, 0.25) is 11.8 Å². The number of carbonyl (C=O) groups excluding carboxylic acids is 3. The van der Waals surface area contributed by atoms with Crippen LogP contribution in [0.2, 0.25) is 0 Å². The van der Waals surface area contributed by atoms with Crippen LogP contribution in [-0.4, -0.2) is 73.0 Å². The first kappa shape index (κ1) is 49.7. The van der Waals surface area contributed by atoms with Crippen molar-refractivity contribution in [3.63, 3.8) is 0 Å². The number of carbonyl (C=O) groups is 3. The van der Waals surface area contributed by atoms with E-state index in [-0.39, 0.29) is 23.7 Å². The Hall–Kier alpha value is -1.28. The van der Waals surface area contributed by atoms with Crippen LogP contribution in [0.3, 0.4) is 0 Å². The third-order valence-corrected chi connectivity index (χ3v) is 11.2. The van der Waals surface area contributed by atoms with Crippen LogP contribution < -0.4 is 10.6 Å². The van der Waals surface area contributed by atoms with E-state index in [0.29, 0.717) is 37.5 Å². The van der Waals surface area contributed by atoms with E-state index in [2.05, 4.69) is 50.2 Å². The molecule has 302 valence electrons. The quantitative estimate of drug-likeness (QED) is 0.0482. The smallest absolute Gasteiger partial charge is 0.306 e. The van der Waals surface area contributed by atoms with Gasteiger partial charge < -0.3 is 20.3 Å². The van der Waals surface area contributed by atoms with Gasteiger partial charge in [-0.25, -0.2) is 0 Å². The molecule has 51 heavy (non-hydrogen) atoms. The molecule has 0 aliphatic heterocycles. The predicted octanol–water partition coefficient (Wildman–Crippen LogP) is 11.0. The number of thioether (sulfide) groups is 1. The Balaban J connectivity index is 4.66. The lowest BCUT2D eigenvalue weighted by molar-refractivity contribution is -0.143. The lowest BCUT2D eigenvalue weighted by atomic mass is 9.93. The van der Waals surface area contributed by atoms with Gasteiger partial charge in [-0.05, 0) is 44.5 Å². The number of hydrogen-bond acceptors (Lipinski definition) is 6. The number of esters is 1. The van der Waals surface area contributed by atoms with Gasteiger partial charge in [0.25, 0.3) is 0 Å². The van der Waals surface area contributed by atoms with E-state index in [1.165, 1.54) is 109 Å². The molecular weight excluding hydrogens is 655 g/mol. The first-order chi connectivity index (χ1) is 24.9. The van der Waals surface area contributed by atoms with Crippen LogP contribution in [0.4, 0.5) is 0 Å². The normalized spacial score (nSPS) is 12.6. The molecule has 0 radical (unpaired) electrons. The molecular formula is C43H85N3O4S. The largest absolute Gasteiger partial charge is 0.466 e. The van der Waals surface area contributed by atoms with Crippen LogP contribution in [-0.2, 0) is 19.1 Å². The number of unbranched alkanes of at least 4 members (excludes halogenated alkanes) is 19. The maximum absolute atomic E-state index is 13.6. The molecule has 0 rings (SSSR count). The number of ether oxygens (including phenoxy) is 1. The summed E-state index contributed by atoms with van der Waals surface area (Å²) < 4.78 is 5.49. The summed E-state index contributed by atoms with van der Waals surface area (Å²) >= 11 is 1.66. The van der Waals surface area contributed by atoms with E-state index in [1.54, 1.807) is 11.8 Å². The second kappa shape index (κ2) is 38.4. The summed E-state index contributed by atoms with van der Waals surface area (Å²) in [5, 5.41) is 6.28. The van der Waals surface area contributed by atoms with Gasteiger partial charge in [0.1, 0.15) is 6.04 Å². The summed E-state index contributed by atoms with van der Waals surface area (Å²) in [5.41, 5.74) is 0. The SMILES string of the molecule is CCCCCCCCCCCCCCOC(=O)CCSCCC(NC(=O)C(CCCCCC)CCCCCCCC)C(=O)NCCN(CC)CC. The Morgan fingerprint density at radius 1 is 0.569 bits per heavy atom. The molecule has 2 N–H and O–H groups in total. The maximum atomic E-state index is 13.6. The van der Waals surface area contributed by atoms with Crippen molar-refractivity contribution in [3.05, 3.63) is 0 Å². The zero-order chi connectivity index (χ0) is 37.6. The first-order valence-corrected chi connectivity index (χ1v) is 23.1. The molecule has 2 atom stereocenters. The van der Waals surface area contributed by atoms with Crippen molar-refractivity contribution in [3.8, 4) is 0 Å². The van der Waals surface area contributed by atoms with Crippen molar-refractivity contribution in [2.75, 3.05) is 44.3 Å².